The molecule has 2 aliphatic rings. The first-order valence-electron chi connectivity index (χ1n) is 11.2. The zero-order valence-electron chi connectivity index (χ0n) is 19.4. The van der Waals surface area contributed by atoms with E-state index in [0.717, 1.165) is 19.3 Å². The zero-order valence-corrected chi connectivity index (χ0v) is 19.4. The van der Waals surface area contributed by atoms with E-state index in [2.05, 4.69) is 13.8 Å². The average Bonchev–Trinajstić information content (AvgIpc) is 3.54. The summed E-state index contributed by atoms with van der Waals surface area (Å²) in [4.78, 5) is 27.8. The Hall–Kier alpha value is -2.61. The molecule has 1 atom stereocenters. The normalized spacial score (nSPS) is 20.6. The molecule has 1 aromatic carbocycles. The molecule has 1 aromatic heterocycles. The van der Waals surface area contributed by atoms with Crippen LogP contribution in [0.3, 0.4) is 0 Å². The molecule has 4 rings (SSSR count). The predicted octanol–water partition coefficient (Wildman–Crippen LogP) is 3.61. The number of methoxy groups -OCH3 is 1. The van der Waals surface area contributed by atoms with Crippen LogP contribution >= 0.6 is 0 Å². The molecule has 174 valence electrons. The number of esters is 1. The summed E-state index contributed by atoms with van der Waals surface area (Å²) in [5, 5.41) is 0.126. The number of nitrogens with two attached hydrogens (primary N) is 1. The Morgan fingerprint density at radius 1 is 1.28 bits per heavy atom. The molecule has 2 fully saturated rings. The summed E-state index contributed by atoms with van der Waals surface area (Å²) in [5.41, 5.74) is 6.30. The van der Waals surface area contributed by atoms with Gasteiger partial charge in [0, 0.05) is 31.4 Å². The Bertz CT molecular complexity index is 1120. The second-order valence-electron chi connectivity index (χ2n) is 9.91. The second kappa shape index (κ2) is 8.06. The van der Waals surface area contributed by atoms with Gasteiger partial charge in [-0.3, -0.25) is 4.79 Å². The number of nitrogens with zero attached hydrogens (tertiary/aromatic N) is 2. The molecule has 7 nitrogen and oxygen atoms in total. The van der Waals surface area contributed by atoms with E-state index in [1.807, 2.05) is 9.47 Å². The largest absolute Gasteiger partial charge is 0.492 e. The van der Waals surface area contributed by atoms with Gasteiger partial charge >= 0.3 is 5.97 Å². The number of pyridine rings is 1. The fourth-order valence-electron chi connectivity index (χ4n) is 4.56. The quantitative estimate of drug-likeness (QED) is 0.708. The fourth-order valence-corrected chi connectivity index (χ4v) is 4.56. The maximum atomic E-state index is 15.6. The van der Waals surface area contributed by atoms with Gasteiger partial charge in [0.25, 0.3) is 0 Å². The van der Waals surface area contributed by atoms with Gasteiger partial charge in [0.1, 0.15) is 11.3 Å². The van der Waals surface area contributed by atoms with Gasteiger partial charge in [-0.05, 0) is 44.6 Å². The van der Waals surface area contributed by atoms with E-state index in [1.54, 1.807) is 20.0 Å². The highest BCUT2D eigenvalue weighted by molar-refractivity contribution is 5.97. The summed E-state index contributed by atoms with van der Waals surface area (Å²) in [7, 11) is 1.49. The zero-order chi connectivity index (χ0) is 23.4. The lowest BCUT2D eigenvalue weighted by molar-refractivity contribution is 0.0375. The molecular weight excluding hydrogens is 413 g/mol. The van der Waals surface area contributed by atoms with Gasteiger partial charge in [-0.15, -0.1) is 0 Å². The van der Waals surface area contributed by atoms with Crippen molar-refractivity contribution < 1.29 is 18.7 Å². The minimum absolute atomic E-state index is 0.0208. The topological polar surface area (TPSA) is 86.8 Å². The number of rotatable bonds is 5. The van der Waals surface area contributed by atoms with Crippen LogP contribution in [0.5, 0.6) is 5.75 Å². The van der Waals surface area contributed by atoms with E-state index >= 15 is 4.39 Å². The van der Waals surface area contributed by atoms with Crippen molar-refractivity contribution in [3.05, 3.63) is 33.9 Å². The Labute approximate surface area is 187 Å². The first-order valence-corrected chi connectivity index (χ1v) is 11.2. The van der Waals surface area contributed by atoms with Gasteiger partial charge in [-0.25, -0.2) is 9.18 Å². The SMILES string of the molecule is COc1c(N2CCC(N)C(C)(C)C2)c(F)cc2c(=O)c(C(=O)OC(C)C)cn(C3CC3)c12. The number of ether oxygens (including phenoxy) is 2. The molecule has 2 aromatic rings. The van der Waals surface area contributed by atoms with Crippen molar-refractivity contribution in [1.29, 1.82) is 0 Å². The smallest absolute Gasteiger partial charge is 0.343 e. The third kappa shape index (κ3) is 3.85. The van der Waals surface area contributed by atoms with Crippen molar-refractivity contribution in [2.24, 2.45) is 11.1 Å². The van der Waals surface area contributed by atoms with E-state index < -0.39 is 17.2 Å². The van der Waals surface area contributed by atoms with Gasteiger partial charge in [0.05, 0.1) is 24.1 Å². The Kier molecular flexibility index (Phi) is 5.69. The van der Waals surface area contributed by atoms with E-state index in [0.29, 0.717) is 30.0 Å². The highest BCUT2D eigenvalue weighted by Gasteiger charge is 2.37. The number of fused-ring (bicyclic) bond motifs is 1. The van der Waals surface area contributed by atoms with Crippen LogP contribution in [0.1, 0.15) is 63.4 Å². The summed E-state index contributed by atoms with van der Waals surface area (Å²) in [6, 6.07) is 1.39. The number of hydrogen-bond donors (Lipinski definition) is 1. The third-order valence-corrected chi connectivity index (χ3v) is 6.53. The Balaban J connectivity index is 1.94. The lowest BCUT2D eigenvalue weighted by Gasteiger charge is -2.44. The molecule has 1 aliphatic carbocycles. The van der Waals surface area contributed by atoms with Crippen molar-refractivity contribution in [2.75, 3.05) is 25.1 Å². The van der Waals surface area contributed by atoms with Crippen LogP contribution in [0.25, 0.3) is 10.9 Å². The number of halogens is 1. The molecule has 1 saturated carbocycles. The number of hydrogen-bond acceptors (Lipinski definition) is 6. The number of carbonyl (C=O) groups excluding carboxylic acids is 1. The number of carbonyl (C=O) groups is 1. The van der Waals surface area contributed by atoms with Gasteiger partial charge in [-0.1, -0.05) is 13.8 Å². The molecule has 0 radical (unpaired) electrons. The highest BCUT2D eigenvalue weighted by atomic mass is 19.1. The lowest BCUT2D eigenvalue weighted by Crippen LogP contribution is -2.52. The van der Waals surface area contributed by atoms with E-state index in [-0.39, 0.29) is 34.6 Å². The summed E-state index contributed by atoms with van der Waals surface area (Å²) in [5.74, 6) is -0.926. The number of piperidine rings is 1. The molecule has 2 N–H and O–H groups in total. The van der Waals surface area contributed by atoms with Crippen molar-refractivity contribution in [1.82, 2.24) is 4.57 Å². The molecule has 2 heterocycles. The van der Waals surface area contributed by atoms with Gasteiger partial charge in [0.2, 0.25) is 5.43 Å². The molecule has 1 saturated heterocycles. The minimum atomic E-state index is -0.698. The molecular formula is C24H32FN3O4. The van der Waals surface area contributed by atoms with Crippen molar-refractivity contribution >= 4 is 22.6 Å². The number of benzene rings is 1. The number of anilines is 1. The molecule has 1 unspecified atom stereocenters. The molecule has 0 amide bonds. The fraction of sp³-hybridized carbons (Fsp3) is 0.583. The third-order valence-electron chi connectivity index (χ3n) is 6.53. The molecule has 32 heavy (non-hydrogen) atoms. The van der Waals surface area contributed by atoms with Gasteiger partial charge in [-0.2, -0.15) is 0 Å². The Morgan fingerprint density at radius 3 is 2.53 bits per heavy atom. The van der Waals surface area contributed by atoms with Crippen LogP contribution in [0, 0.1) is 11.2 Å². The molecule has 8 heteroatoms. The van der Waals surface area contributed by atoms with Crippen LogP contribution in [0.4, 0.5) is 10.1 Å². The van der Waals surface area contributed by atoms with Crippen LogP contribution in [0.15, 0.2) is 17.1 Å². The first kappa shape index (κ1) is 22.6. The summed E-state index contributed by atoms with van der Waals surface area (Å²) >= 11 is 0. The summed E-state index contributed by atoms with van der Waals surface area (Å²) < 4.78 is 28.4. The van der Waals surface area contributed by atoms with Crippen LogP contribution in [0.2, 0.25) is 0 Å². The van der Waals surface area contributed by atoms with Crippen LogP contribution in [-0.2, 0) is 4.74 Å². The van der Waals surface area contributed by atoms with E-state index in [1.165, 1.54) is 13.2 Å². The maximum Gasteiger partial charge on any atom is 0.343 e. The monoisotopic (exact) mass is 445 g/mol. The lowest BCUT2D eigenvalue weighted by atomic mass is 9.79. The van der Waals surface area contributed by atoms with Crippen molar-refractivity contribution in [2.45, 2.75) is 65.1 Å². The van der Waals surface area contributed by atoms with Crippen molar-refractivity contribution in [3.63, 3.8) is 0 Å². The molecule has 1 aliphatic heterocycles. The molecule has 0 bridgehead atoms. The van der Waals surface area contributed by atoms with Crippen LogP contribution < -0.4 is 20.8 Å². The highest BCUT2D eigenvalue weighted by Crippen LogP contribution is 2.45. The standard InChI is InChI=1S/C24H32FN3O4/c1-13(2)32-23(30)16-11-28(14-6-7-14)19-15(21(16)29)10-17(25)20(22(19)31-5)27-9-8-18(26)24(3,4)12-27/h10-11,13-14,18H,6-9,12,26H2,1-5H3. The summed E-state index contributed by atoms with van der Waals surface area (Å²) in [6.07, 6.45) is 3.74. The van der Waals surface area contributed by atoms with Gasteiger partial charge in [0.15, 0.2) is 11.6 Å². The van der Waals surface area contributed by atoms with E-state index in [4.69, 9.17) is 15.2 Å². The average molecular weight is 446 g/mol. The second-order valence-corrected chi connectivity index (χ2v) is 9.91. The molecule has 0 spiro atoms. The summed E-state index contributed by atoms with van der Waals surface area (Å²) in [6.45, 7) is 8.75. The van der Waals surface area contributed by atoms with Crippen LogP contribution in [-0.4, -0.2) is 42.9 Å². The Morgan fingerprint density at radius 2 is 1.97 bits per heavy atom. The first-order chi connectivity index (χ1) is 15.0. The van der Waals surface area contributed by atoms with E-state index in [9.17, 15) is 9.59 Å². The number of aromatic nitrogens is 1. The minimum Gasteiger partial charge on any atom is -0.492 e. The van der Waals surface area contributed by atoms with Crippen molar-refractivity contribution in [3.8, 4) is 5.75 Å². The van der Waals surface area contributed by atoms with Gasteiger partial charge < -0.3 is 24.7 Å². The predicted molar refractivity (Wildman–Crippen MR) is 122 cm³/mol. The maximum absolute atomic E-state index is 15.6.